The van der Waals surface area contributed by atoms with Gasteiger partial charge in [0.1, 0.15) is 0 Å². The van der Waals surface area contributed by atoms with Crippen LogP contribution in [0.1, 0.15) is 16.0 Å². The molecule has 0 saturated carbocycles. The monoisotopic (exact) mass is 386 g/mol. The standard InChI is InChI=1S/C15H13Br2FO/c1-19-15-7-4-11(9-14(15)18)13(17)8-10-2-5-12(16)6-3-10/h2-7,9,13H,8H2,1H3. The van der Waals surface area contributed by atoms with Crippen LogP contribution in [0, 0.1) is 5.82 Å². The minimum Gasteiger partial charge on any atom is -0.494 e. The molecule has 0 radical (unpaired) electrons. The minimum absolute atomic E-state index is 0.0779. The van der Waals surface area contributed by atoms with E-state index in [-0.39, 0.29) is 16.4 Å². The Balaban J connectivity index is 2.13. The summed E-state index contributed by atoms with van der Waals surface area (Å²) in [4.78, 5) is 0.0779. The summed E-state index contributed by atoms with van der Waals surface area (Å²) in [6.45, 7) is 0. The summed E-state index contributed by atoms with van der Waals surface area (Å²) in [6.07, 6.45) is 0.805. The van der Waals surface area contributed by atoms with E-state index in [1.54, 1.807) is 6.07 Å². The lowest BCUT2D eigenvalue weighted by atomic mass is 10.0. The predicted molar refractivity (Wildman–Crippen MR) is 82.5 cm³/mol. The lowest BCUT2D eigenvalue weighted by Gasteiger charge is -2.12. The van der Waals surface area contributed by atoms with Crippen molar-refractivity contribution in [2.45, 2.75) is 11.2 Å². The van der Waals surface area contributed by atoms with E-state index in [1.165, 1.54) is 18.7 Å². The third-order valence-electron chi connectivity index (χ3n) is 2.87. The molecule has 1 unspecified atom stereocenters. The quantitative estimate of drug-likeness (QED) is 0.649. The molecule has 4 heteroatoms. The van der Waals surface area contributed by atoms with E-state index < -0.39 is 0 Å². The van der Waals surface area contributed by atoms with Gasteiger partial charge in [-0.05, 0) is 41.8 Å². The van der Waals surface area contributed by atoms with Crippen molar-refractivity contribution in [3.8, 4) is 5.75 Å². The van der Waals surface area contributed by atoms with Crippen molar-refractivity contribution >= 4 is 31.9 Å². The Morgan fingerprint density at radius 3 is 2.42 bits per heavy atom. The summed E-state index contributed by atoms with van der Waals surface area (Å²) < 4.78 is 19.6. The van der Waals surface area contributed by atoms with E-state index in [2.05, 4.69) is 44.0 Å². The van der Waals surface area contributed by atoms with Crippen LogP contribution in [0.15, 0.2) is 46.9 Å². The molecule has 0 aromatic heterocycles. The number of benzene rings is 2. The van der Waals surface area contributed by atoms with Gasteiger partial charge in [-0.1, -0.05) is 50.1 Å². The van der Waals surface area contributed by atoms with Gasteiger partial charge in [0.15, 0.2) is 11.6 Å². The van der Waals surface area contributed by atoms with E-state index in [4.69, 9.17) is 4.74 Å². The van der Waals surface area contributed by atoms with Crippen molar-refractivity contribution in [3.05, 3.63) is 63.9 Å². The zero-order chi connectivity index (χ0) is 13.8. The molecule has 0 aliphatic carbocycles. The van der Waals surface area contributed by atoms with Gasteiger partial charge in [0.05, 0.1) is 7.11 Å². The number of hydrogen-bond donors (Lipinski definition) is 0. The summed E-state index contributed by atoms with van der Waals surface area (Å²) in [6, 6.07) is 13.2. The van der Waals surface area contributed by atoms with Crippen molar-refractivity contribution in [1.29, 1.82) is 0 Å². The summed E-state index contributed by atoms with van der Waals surface area (Å²) in [5, 5.41) is 0. The predicted octanol–water partition coefficient (Wildman–Crippen LogP) is 5.28. The van der Waals surface area contributed by atoms with Crippen molar-refractivity contribution in [1.82, 2.24) is 0 Å². The Morgan fingerprint density at radius 1 is 1.16 bits per heavy atom. The van der Waals surface area contributed by atoms with Crippen molar-refractivity contribution in [2.24, 2.45) is 0 Å². The molecule has 1 nitrogen and oxygen atoms in total. The number of methoxy groups -OCH3 is 1. The Morgan fingerprint density at radius 2 is 1.84 bits per heavy atom. The maximum atomic E-state index is 13.7. The fourth-order valence-electron chi connectivity index (χ4n) is 1.82. The Bertz CT molecular complexity index is 555. The lowest BCUT2D eigenvalue weighted by molar-refractivity contribution is 0.386. The van der Waals surface area contributed by atoms with Crippen molar-refractivity contribution in [2.75, 3.05) is 7.11 Å². The second-order valence-electron chi connectivity index (χ2n) is 4.19. The summed E-state index contributed by atoms with van der Waals surface area (Å²) in [5.74, 6) is -0.0626. The van der Waals surface area contributed by atoms with E-state index in [0.717, 1.165) is 16.5 Å². The van der Waals surface area contributed by atoms with E-state index in [0.29, 0.717) is 0 Å². The van der Waals surface area contributed by atoms with Crippen LogP contribution in [0.5, 0.6) is 5.75 Å². The lowest BCUT2D eigenvalue weighted by Crippen LogP contribution is -1.97. The smallest absolute Gasteiger partial charge is 0.165 e. The van der Waals surface area contributed by atoms with Gasteiger partial charge < -0.3 is 4.74 Å². The van der Waals surface area contributed by atoms with Crippen LogP contribution in [-0.4, -0.2) is 7.11 Å². The third-order valence-corrected chi connectivity index (χ3v) is 4.25. The first-order valence-corrected chi connectivity index (χ1v) is 7.53. The molecule has 0 fully saturated rings. The maximum absolute atomic E-state index is 13.7. The van der Waals surface area contributed by atoms with Gasteiger partial charge in [0.25, 0.3) is 0 Å². The molecule has 0 aliphatic heterocycles. The highest BCUT2D eigenvalue weighted by Crippen LogP contribution is 2.30. The minimum atomic E-state index is -0.333. The highest BCUT2D eigenvalue weighted by molar-refractivity contribution is 9.10. The van der Waals surface area contributed by atoms with E-state index >= 15 is 0 Å². The first kappa shape index (κ1) is 14.5. The molecule has 2 aromatic carbocycles. The molecule has 1 atom stereocenters. The molecule has 0 bridgehead atoms. The number of rotatable bonds is 4. The fraction of sp³-hybridized carbons (Fsp3) is 0.200. The maximum Gasteiger partial charge on any atom is 0.165 e. The fourth-order valence-corrected chi connectivity index (χ4v) is 2.75. The van der Waals surface area contributed by atoms with E-state index in [1.807, 2.05) is 18.2 Å². The van der Waals surface area contributed by atoms with Gasteiger partial charge in [0.2, 0.25) is 0 Å². The SMILES string of the molecule is COc1ccc(C(Br)Cc2ccc(Br)cc2)cc1F. The van der Waals surface area contributed by atoms with E-state index in [9.17, 15) is 4.39 Å². The topological polar surface area (TPSA) is 9.23 Å². The number of alkyl halides is 1. The molecule has 100 valence electrons. The van der Waals surface area contributed by atoms with Crippen LogP contribution in [0.4, 0.5) is 4.39 Å². The highest BCUT2D eigenvalue weighted by Gasteiger charge is 2.11. The zero-order valence-electron chi connectivity index (χ0n) is 10.4. The normalized spacial score (nSPS) is 12.2. The molecule has 2 rings (SSSR count). The largest absolute Gasteiger partial charge is 0.494 e. The number of hydrogen-bond acceptors (Lipinski definition) is 1. The number of halogens is 3. The molecule has 0 spiro atoms. The molecule has 0 aliphatic rings. The van der Waals surface area contributed by atoms with Crippen LogP contribution >= 0.6 is 31.9 Å². The van der Waals surface area contributed by atoms with Crippen molar-refractivity contribution in [3.63, 3.8) is 0 Å². The molecule has 0 N–H and O–H groups in total. The van der Waals surface area contributed by atoms with Crippen molar-refractivity contribution < 1.29 is 9.13 Å². The summed E-state index contributed by atoms with van der Waals surface area (Å²) >= 11 is 7.01. The first-order chi connectivity index (χ1) is 9.10. The average Bonchev–Trinajstić information content (AvgIpc) is 2.41. The van der Waals surface area contributed by atoms with Crippen LogP contribution in [-0.2, 0) is 6.42 Å². The average molecular weight is 388 g/mol. The van der Waals surface area contributed by atoms with Crippen LogP contribution < -0.4 is 4.74 Å². The second kappa shape index (κ2) is 6.53. The molecule has 0 amide bonds. The van der Waals surface area contributed by atoms with Crippen LogP contribution in [0.25, 0.3) is 0 Å². The molecule has 0 saturated heterocycles. The number of ether oxygens (including phenoxy) is 1. The molecule has 0 heterocycles. The molecule has 19 heavy (non-hydrogen) atoms. The summed E-state index contributed by atoms with van der Waals surface area (Å²) in [5.41, 5.74) is 2.10. The summed E-state index contributed by atoms with van der Waals surface area (Å²) in [7, 11) is 1.46. The van der Waals surface area contributed by atoms with Gasteiger partial charge in [-0.15, -0.1) is 0 Å². The third kappa shape index (κ3) is 3.80. The van der Waals surface area contributed by atoms with Gasteiger partial charge >= 0.3 is 0 Å². The Hall–Kier alpha value is -0.870. The molecule has 2 aromatic rings. The highest BCUT2D eigenvalue weighted by atomic mass is 79.9. The van der Waals surface area contributed by atoms with Gasteiger partial charge in [-0.3, -0.25) is 0 Å². The van der Waals surface area contributed by atoms with Gasteiger partial charge in [0, 0.05) is 9.30 Å². The Kier molecular flexibility index (Phi) is 4.99. The zero-order valence-corrected chi connectivity index (χ0v) is 13.5. The van der Waals surface area contributed by atoms with Gasteiger partial charge in [-0.25, -0.2) is 4.39 Å². The van der Waals surface area contributed by atoms with Crippen LogP contribution in [0.3, 0.4) is 0 Å². The molecular formula is C15H13Br2FO. The Labute approximate surface area is 129 Å². The van der Waals surface area contributed by atoms with Crippen LogP contribution in [0.2, 0.25) is 0 Å². The second-order valence-corrected chi connectivity index (χ2v) is 6.21. The first-order valence-electron chi connectivity index (χ1n) is 5.82. The van der Waals surface area contributed by atoms with Gasteiger partial charge in [-0.2, -0.15) is 0 Å². The molecular weight excluding hydrogens is 375 g/mol.